The molecule has 16 heavy (non-hydrogen) atoms. The summed E-state index contributed by atoms with van der Waals surface area (Å²) < 4.78 is 0. The average Bonchev–Trinajstić information content (AvgIpc) is 2.69. The standard InChI is InChI=1S/C14H10N2/c1-9-10(8-15)6-7-12-11-4-2-3-5-13(11)16-14(9)12/h2-7,16H,1H3. The second kappa shape index (κ2) is 3.11. The van der Waals surface area contributed by atoms with E-state index in [2.05, 4.69) is 23.2 Å². The lowest BCUT2D eigenvalue weighted by Gasteiger charge is -1.98. The lowest BCUT2D eigenvalue weighted by molar-refractivity contribution is 1.40. The van der Waals surface area contributed by atoms with Gasteiger partial charge >= 0.3 is 0 Å². The number of rotatable bonds is 0. The summed E-state index contributed by atoms with van der Waals surface area (Å²) >= 11 is 0. The molecule has 0 aliphatic rings. The molecule has 0 fully saturated rings. The topological polar surface area (TPSA) is 39.6 Å². The number of para-hydroxylation sites is 1. The normalized spacial score (nSPS) is 10.8. The van der Waals surface area contributed by atoms with Crippen molar-refractivity contribution in [3.63, 3.8) is 0 Å². The van der Waals surface area contributed by atoms with Crippen LogP contribution in [0.4, 0.5) is 0 Å². The molecule has 3 rings (SSSR count). The number of benzene rings is 2. The minimum Gasteiger partial charge on any atom is -0.354 e. The van der Waals surface area contributed by atoms with Crippen molar-refractivity contribution in [2.45, 2.75) is 6.92 Å². The van der Waals surface area contributed by atoms with Crippen LogP contribution in [0.1, 0.15) is 11.1 Å². The highest BCUT2D eigenvalue weighted by atomic mass is 14.7. The largest absolute Gasteiger partial charge is 0.354 e. The van der Waals surface area contributed by atoms with Gasteiger partial charge in [-0.15, -0.1) is 0 Å². The third-order valence-corrected chi connectivity index (χ3v) is 3.06. The second-order valence-electron chi connectivity index (χ2n) is 3.94. The highest BCUT2D eigenvalue weighted by molar-refractivity contribution is 6.08. The van der Waals surface area contributed by atoms with Crippen molar-refractivity contribution in [3.8, 4) is 6.07 Å². The number of hydrogen-bond donors (Lipinski definition) is 1. The Morgan fingerprint density at radius 3 is 2.69 bits per heavy atom. The number of aryl methyl sites for hydroxylation is 1. The Balaban J connectivity index is 2.56. The Bertz CT molecular complexity index is 729. The fourth-order valence-corrected chi connectivity index (χ4v) is 2.18. The van der Waals surface area contributed by atoms with Gasteiger partial charge in [0.2, 0.25) is 0 Å². The predicted molar refractivity (Wildman–Crippen MR) is 65.3 cm³/mol. The number of nitrogens with zero attached hydrogens (tertiary/aromatic N) is 1. The Labute approximate surface area is 93.1 Å². The molecule has 0 saturated heterocycles. The van der Waals surface area contributed by atoms with Crippen LogP contribution in [-0.4, -0.2) is 4.98 Å². The number of aromatic nitrogens is 1. The van der Waals surface area contributed by atoms with Gasteiger partial charge < -0.3 is 4.98 Å². The van der Waals surface area contributed by atoms with Crippen molar-refractivity contribution in [2.75, 3.05) is 0 Å². The molecule has 2 nitrogen and oxygen atoms in total. The summed E-state index contributed by atoms with van der Waals surface area (Å²) in [5.41, 5.74) is 3.95. The highest BCUT2D eigenvalue weighted by Gasteiger charge is 2.08. The second-order valence-corrected chi connectivity index (χ2v) is 3.94. The molecular weight excluding hydrogens is 196 g/mol. The van der Waals surface area contributed by atoms with Crippen molar-refractivity contribution >= 4 is 21.8 Å². The molecule has 2 aromatic carbocycles. The lowest BCUT2D eigenvalue weighted by Crippen LogP contribution is -1.82. The SMILES string of the molecule is Cc1c(C#N)ccc2c1[nH]c1ccccc12. The van der Waals surface area contributed by atoms with Gasteiger partial charge in [0.25, 0.3) is 0 Å². The van der Waals surface area contributed by atoms with E-state index < -0.39 is 0 Å². The molecular formula is C14H10N2. The molecule has 3 aromatic rings. The minimum atomic E-state index is 0.735. The monoisotopic (exact) mass is 206 g/mol. The molecule has 0 aliphatic carbocycles. The average molecular weight is 206 g/mol. The summed E-state index contributed by atoms with van der Waals surface area (Å²) in [5, 5.41) is 11.4. The minimum absolute atomic E-state index is 0.735. The molecule has 1 N–H and O–H groups in total. The Hall–Kier alpha value is -2.27. The quantitative estimate of drug-likeness (QED) is 0.600. The molecule has 0 amide bonds. The molecule has 76 valence electrons. The van der Waals surface area contributed by atoms with Crippen molar-refractivity contribution < 1.29 is 0 Å². The number of fused-ring (bicyclic) bond motifs is 3. The van der Waals surface area contributed by atoms with Crippen LogP contribution in [0.15, 0.2) is 36.4 Å². The molecule has 0 saturated carbocycles. The van der Waals surface area contributed by atoms with E-state index in [0.717, 1.165) is 22.2 Å². The van der Waals surface area contributed by atoms with Gasteiger partial charge in [0.15, 0.2) is 0 Å². The molecule has 0 aliphatic heterocycles. The molecule has 0 spiro atoms. The zero-order chi connectivity index (χ0) is 11.1. The molecule has 0 atom stereocenters. The third kappa shape index (κ3) is 1.06. The van der Waals surface area contributed by atoms with Crippen LogP contribution in [0, 0.1) is 18.3 Å². The van der Waals surface area contributed by atoms with Crippen molar-refractivity contribution in [3.05, 3.63) is 47.5 Å². The summed E-state index contributed by atoms with van der Waals surface area (Å²) in [5.74, 6) is 0. The maximum Gasteiger partial charge on any atom is 0.0995 e. The first kappa shape index (κ1) is 8.99. The van der Waals surface area contributed by atoms with E-state index in [4.69, 9.17) is 5.26 Å². The van der Waals surface area contributed by atoms with Gasteiger partial charge in [-0.3, -0.25) is 0 Å². The number of nitriles is 1. The van der Waals surface area contributed by atoms with Crippen LogP contribution in [0.5, 0.6) is 0 Å². The summed E-state index contributed by atoms with van der Waals surface area (Å²) in [4.78, 5) is 3.37. The van der Waals surface area contributed by atoms with Crippen LogP contribution < -0.4 is 0 Å². The zero-order valence-electron chi connectivity index (χ0n) is 8.91. The summed E-state index contributed by atoms with van der Waals surface area (Å²) in [7, 11) is 0. The van der Waals surface area contributed by atoms with E-state index in [-0.39, 0.29) is 0 Å². The Morgan fingerprint density at radius 2 is 1.88 bits per heavy atom. The van der Waals surface area contributed by atoms with Gasteiger partial charge in [0.1, 0.15) is 0 Å². The summed E-state index contributed by atoms with van der Waals surface area (Å²) in [6.07, 6.45) is 0. The summed E-state index contributed by atoms with van der Waals surface area (Å²) in [6, 6.07) is 14.3. The Kier molecular flexibility index (Phi) is 1.75. The van der Waals surface area contributed by atoms with Crippen LogP contribution in [-0.2, 0) is 0 Å². The van der Waals surface area contributed by atoms with Gasteiger partial charge in [0.05, 0.1) is 17.1 Å². The van der Waals surface area contributed by atoms with Gasteiger partial charge in [-0.25, -0.2) is 0 Å². The summed E-state index contributed by atoms with van der Waals surface area (Å²) in [6.45, 7) is 1.98. The first-order valence-corrected chi connectivity index (χ1v) is 5.21. The van der Waals surface area contributed by atoms with Gasteiger partial charge in [-0.1, -0.05) is 24.3 Å². The third-order valence-electron chi connectivity index (χ3n) is 3.06. The maximum absolute atomic E-state index is 8.99. The maximum atomic E-state index is 8.99. The Morgan fingerprint density at radius 1 is 1.06 bits per heavy atom. The van der Waals surface area contributed by atoms with E-state index in [1.807, 2.05) is 31.2 Å². The fourth-order valence-electron chi connectivity index (χ4n) is 2.18. The van der Waals surface area contributed by atoms with Crippen LogP contribution in [0.2, 0.25) is 0 Å². The lowest BCUT2D eigenvalue weighted by atomic mass is 10.1. The molecule has 0 unspecified atom stereocenters. The number of aromatic amines is 1. The zero-order valence-corrected chi connectivity index (χ0v) is 8.91. The molecule has 0 bridgehead atoms. The fraction of sp³-hybridized carbons (Fsp3) is 0.0714. The molecule has 0 radical (unpaired) electrons. The van der Waals surface area contributed by atoms with E-state index in [1.54, 1.807) is 0 Å². The highest BCUT2D eigenvalue weighted by Crippen LogP contribution is 2.28. The number of nitrogens with one attached hydrogen (secondary N) is 1. The van der Waals surface area contributed by atoms with E-state index >= 15 is 0 Å². The van der Waals surface area contributed by atoms with Crippen molar-refractivity contribution in [1.29, 1.82) is 5.26 Å². The molecule has 1 aromatic heterocycles. The van der Waals surface area contributed by atoms with Gasteiger partial charge in [0, 0.05) is 16.3 Å². The van der Waals surface area contributed by atoms with E-state index in [1.165, 1.54) is 10.8 Å². The first-order valence-electron chi connectivity index (χ1n) is 5.21. The van der Waals surface area contributed by atoms with Gasteiger partial charge in [-0.05, 0) is 24.6 Å². The van der Waals surface area contributed by atoms with Crippen LogP contribution >= 0.6 is 0 Å². The van der Waals surface area contributed by atoms with Crippen molar-refractivity contribution in [1.82, 2.24) is 4.98 Å². The van der Waals surface area contributed by atoms with Crippen molar-refractivity contribution in [2.24, 2.45) is 0 Å². The molecule has 1 heterocycles. The number of hydrogen-bond acceptors (Lipinski definition) is 1. The van der Waals surface area contributed by atoms with E-state index in [9.17, 15) is 0 Å². The predicted octanol–water partition coefficient (Wildman–Crippen LogP) is 3.50. The van der Waals surface area contributed by atoms with Crippen LogP contribution in [0.25, 0.3) is 21.8 Å². The molecule has 2 heteroatoms. The first-order chi connectivity index (χ1) is 7.81. The van der Waals surface area contributed by atoms with Gasteiger partial charge in [-0.2, -0.15) is 5.26 Å². The number of H-pyrrole nitrogens is 1. The van der Waals surface area contributed by atoms with E-state index in [0.29, 0.717) is 0 Å². The smallest absolute Gasteiger partial charge is 0.0995 e. The van der Waals surface area contributed by atoms with Crippen LogP contribution in [0.3, 0.4) is 0 Å².